The van der Waals surface area contributed by atoms with Crippen LogP contribution < -0.4 is 5.32 Å². The Kier molecular flexibility index (Phi) is 7.71. The van der Waals surface area contributed by atoms with Gasteiger partial charge in [-0.1, -0.05) is 66.7 Å². The number of aliphatic hydroxyl groups is 1. The van der Waals surface area contributed by atoms with Gasteiger partial charge in [-0.05, 0) is 46.9 Å². The quantitative estimate of drug-likeness (QED) is 0.311. The van der Waals surface area contributed by atoms with E-state index in [1.165, 1.54) is 0 Å². The van der Waals surface area contributed by atoms with Crippen molar-refractivity contribution in [1.29, 1.82) is 0 Å². The minimum Gasteiger partial charge on any atom is -0.456 e. The summed E-state index contributed by atoms with van der Waals surface area (Å²) in [5, 5.41) is 11.8. The molecule has 1 heterocycles. The number of hydrogen-bond acceptors (Lipinski definition) is 6. The standard InChI is InChI=1S/C29H26INO6/c30-23-13-7-8-19(16-23)28(34)35-24-17-20(27(33)31-14-15-32)18-25-26(24)37-29(36-25,21-9-3-1-4-10-21)22-11-5-2-6-12-22/h1-13,16,18,24-26,32H,14-15,17H2,(H,31,33)/t24-,25-,26+/m1/s1. The molecule has 8 heteroatoms. The van der Waals surface area contributed by atoms with Gasteiger partial charge in [-0.2, -0.15) is 0 Å². The average molecular weight is 611 g/mol. The van der Waals surface area contributed by atoms with Crippen LogP contribution in [0.2, 0.25) is 0 Å². The van der Waals surface area contributed by atoms with Crippen LogP contribution in [0.5, 0.6) is 0 Å². The number of amides is 1. The minimum absolute atomic E-state index is 0.118. The van der Waals surface area contributed by atoms with Gasteiger partial charge in [0.25, 0.3) is 0 Å². The number of aliphatic hydroxyl groups excluding tert-OH is 1. The number of ether oxygens (including phenoxy) is 3. The van der Waals surface area contributed by atoms with Crippen LogP contribution in [0.25, 0.3) is 0 Å². The second-order valence-corrected chi connectivity index (χ2v) is 10.1. The smallest absolute Gasteiger partial charge is 0.338 e. The Morgan fingerprint density at radius 2 is 1.65 bits per heavy atom. The molecule has 190 valence electrons. The summed E-state index contributed by atoms with van der Waals surface area (Å²) in [5.74, 6) is -2.10. The molecule has 7 nitrogen and oxygen atoms in total. The van der Waals surface area contributed by atoms with Gasteiger partial charge in [0.05, 0.1) is 12.2 Å². The van der Waals surface area contributed by atoms with Crippen LogP contribution in [0.3, 0.4) is 0 Å². The number of halogens is 1. The molecular weight excluding hydrogens is 585 g/mol. The lowest BCUT2D eigenvalue weighted by atomic mass is 9.91. The third-order valence-electron chi connectivity index (χ3n) is 6.40. The first-order valence-corrected chi connectivity index (χ1v) is 13.1. The Hall–Kier alpha value is -3.05. The summed E-state index contributed by atoms with van der Waals surface area (Å²) in [6.45, 7) is -0.0621. The Morgan fingerprint density at radius 3 is 2.27 bits per heavy atom. The number of benzene rings is 3. The number of rotatable bonds is 7. The molecule has 3 atom stereocenters. The van der Waals surface area contributed by atoms with Crippen molar-refractivity contribution >= 4 is 34.5 Å². The number of carbonyl (C=O) groups is 2. The van der Waals surface area contributed by atoms with Crippen molar-refractivity contribution in [3.8, 4) is 0 Å². The highest BCUT2D eigenvalue weighted by Crippen LogP contribution is 2.47. The van der Waals surface area contributed by atoms with E-state index in [0.717, 1.165) is 14.7 Å². The molecule has 0 radical (unpaired) electrons. The molecule has 2 aliphatic rings. The van der Waals surface area contributed by atoms with Crippen molar-refractivity contribution in [3.05, 3.63) is 117 Å². The molecule has 37 heavy (non-hydrogen) atoms. The molecular formula is C29H26INO6. The highest BCUT2D eigenvalue weighted by Gasteiger charge is 2.54. The van der Waals surface area contributed by atoms with Crippen LogP contribution >= 0.6 is 22.6 Å². The Bertz CT molecular complexity index is 1260. The zero-order valence-corrected chi connectivity index (χ0v) is 22.0. The second-order valence-electron chi connectivity index (χ2n) is 8.84. The molecule has 0 bridgehead atoms. The highest BCUT2D eigenvalue weighted by molar-refractivity contribution is 14.1. The second kappa shape index (κ2) is 11.1. The Balaban J connectivity index is 1.53. The molecule has 1 aliphatic carbocycles. The van der Waals surface area contributed by atoms with E-state index < -0.39 is 30.1 Å². The third-order valence-corrected chi connectivity index (χ3v) is 7.07. The largest absolute Gasteiger partial charge is 0.456 e. The fourth-order valence-electron chi connectivity index (χ4n) is 4.70. The van der Waals surface area contributed by atoms with E-state index in [9.17, 15) is 9.59 Å². The number of carbonyl (C=O) groups excluding carboxylic acids is 2. The SMILES string of the molecule is O=C(NCCO)C1=C[C@H]2OC(c3ccccc3)(c3ccccc3)O[C@H]2[C@H](OC(=O)c2cccc(I)c2)C1. The molecule has 2 N–H and O–H groups in total. The average Bonchev–Trinajstić information content (AvgIpc) is 3.34. The molecule has 1 saturated heterocycles. The molecule has 0 saturated carbocycles. The van der Waals surface area contributed by atoms with Gasteiger partial charge in [0, 0.05) is 33.2 Å². The zero-order chi connectivity index (χ0) is 25.8. The maximum absolute atomic E-state index is 13.1. The van der Waals surface area contributed by atoms with E-state index in [4.69, 9.17) is 19.3 Å². The summed E-state index contributed by atoms with van der Waals surface area (Å²) < 4.78 is 20.2. The van der Waals surface area contributed by atoms with Crippen molar-refractivity contribution in [3.63, 3.8) is 0 Å². The van der Waals surface area contributed by atoms with E-state index in [2.05, 4.69) is 27.9 Å². The summed E-state index contributed by atoms with van der Waals surface area (Å²) in [7, 11) is 0. The zero-order valence-electron chi connectivity index (χ0n) is 19.9. The van der Waals surface area contributed by atoms with E-state index in [1.807, 2.05) is 66.7 Å². The monoisotopic (exact) mass is 611 g/mol. The minimum atomic E-state index is -1.25. The molecule has 0 spiro atoms. The van der Waals surface area contributed by atoms with Gasteiger partial charge in [0.15, 0.2) is 0 Å². The van der Waals surface area contributed by atoms with Gasteiger partial charge in [0.1, 0.15) is 18.3 Å². The number of hydrogen-bond donors (Lipinski definition) is 2. The summed E-state index contributed by atoms with van der Waals surface area (Å²) in [6.07, 6.45) is -0.193. The van der Waals surface area contributed by atoms with Crippen LogP contribution in [-0.4, -0.2) is 48.4 Å². The van der Waals surface area contributed by atoms with Crippen molar-refractivity contribution in [2.75, 3.05) is 13.2 Å². The first-order chi connectivity index (χ1) is 18.0. The Labute approximate surface area is 228 Å². The molecule has 1 amide bonds. The van der Waals surface area contributed by atoms with Crippen molar-refractivity contribution in [1.82, 2.24) is 5.32 Å². The van der Waals surface area contributed by atoms with Gasteiger partial charge in [-0.25, -0.2) is 4.79 Å². The maximum Gasteiger partial charge on any atom is 0.338 e. The first kappa shape index (κ1) is 25.6. The van der Waals surface area contributed by atoms with Crippen LogP contribution in [-0.2, 0) is 24.8 Å². The molecule has 1 fully saturated rings. The molecule has 3 aromatic carbocycles. The lowest BCUT2D eigenvalue weighted by molar-refractivity contribution is -0.157. The first-order valence-electron chi connectivity index (χ1n) is 12.0. The van der Waals surface area contributed by atoms with E-state index in [-0.39, 0.29) is 25.5 Å². The highest BCUT2D eigenvalue weighted by atomic mass is 127. The fourth-order valence-corrected chi connectivity index (χ4v) is 5.24. The third kappa shape index (κ3) is 5.33. The topological polar surface area (TPSA) is 94.1 Å². The maximum atomic E-state index is 13.1. The van der Waals surface area contributed by atoms with Gasteiger partial charge < -0.3 is 24.6 Å². The lowest BCUT2D eigenvalue weighted by Gasteiger charge is -2.31. The van der Waals surface area contributed by atoms with Crippen LogP contribution in [0, 0.1) is 3.57 Å². The van der Waals surface area contributed by atoms with E-state index in [1.54, 1.807) is 24.3 Å². The van der Waals surface area contributed by atoms with Crippen molar-refractivity contribution < 1.29 is 28.9 Å². The predicted octanol–water partition coefficient (Wildman–Crippen LogP) is 3.94. The summed E-state index contributed by atoms with van der Waals surface area (Å²) >= 11 is 2.14. The van der Waals surface area contributed by atoms with Gasteiger partial charge >= 0.3 is 5.97 Å². The van der Waals surface area contributed by atoms with Gasteiger partial charge in [-0.3, -0.25) is 4.79 Å². The summed E-state index contributed by atoms with van der Waals surface area (Å²) in [4.78, 5) is 26.0. The Morgan fingerprint density at radius 1 is 0.973 bits per heavy atom. The lowest BCUT2D eigenvalue weighted by Crippen LogP contribution is -2.43. The van der Waals surface area contributed by atoms with Crippen molar-refractivity contribution in [2.24, 2.45) is 0 Å². The number of nitrogens with one attached hydrogen (secondary N) is 1. The van der Waals surface area contributed by atoms with E-state index >= 15 is 0 Å². The molecule has 3 aromatic rings. The summed E-state index contributed by atoms with van der Waals surface area (Å²) in [6, 6.07) is 26.3. The van der Waals surface area contributed by atoms with Crippen LogP contribution in [0.4, 0.5) is 0 Å². The molecule has 0 aromatic heterocycles. The fraction of sp³-hybridized carbons (Fsp3) is 0.241. The predicted molar refractivity (Wildman–Crippen MR) is 145 cm³/mol. The van der Waals surface area contributed by atoms with Gasteiger partial charge in [-0.15, -0.1) is 0 Å². The number of esters is 1. The normalized spacial score (nSPS) is 22.0. The molecule has 5 rings (SSSR count). The van der Waals surface area contributed by atoms with Crippen LogP contribution in [0.1, 0.15) is 27.9 Å². The van der Waals surface area contributed by atoms with E-state index in [0.29, 0.717) is 11.1 Å². The summed E-state index contributed by atoms with van der Waals surface area (Å²) in [5.41, 5.74) is 2.41. The van der Waals surface area contributed by atoms with Crippen molar-refractivity contribution in [2.45, 2.75) is 30.5 Å². The number of fused-ring (bicyclic) bond motifs is 1. The molecule has 1 aliphatic heterocycles. The molecule has 0 unspecified atom stereocenters. The van der Waals surface area contributed by atoms with Crippen LogP contribution in [0.15, 0.2) is 96.6 Å². The van der Waals surface area contributed by atoms with Gasteiger partial charge in [0.2, 0.25) is 11.7 Å².